The predicted octanol–water partition coefficient (Wildman–Crippen LogP) is 2.68. The smallest absolute Gasteiger partial charge is 0.271 e. The van der Waals surface area contributed by atoms with Crippen LogP contribution in [0.4, 0.5) is 5.82 Å². The molecule has 2 amide bonds. The minimum absolute atomic E-state index is 0.0346. The Morgan fingerprint density at radius 2 is 1.72 bits per heavy atom. The first-order chi connectivity index (χ1) is 14.1. The zero-order valence-corrected chi connectivity index (χ0v) is 15.8. The highest BCUT2D eigenvalue weighted by molar-refractivity contribution is 5.97. The third-order valence-electron chi connectivity index (χ3n) is 4.78. The van der Waals surface area contributed by atoms with Gasteiger partial charge < -0.3 is 15.7 Å². The molecule has 1 atom stereocenters. The lowest BCUT2D eigenvalue weighted by Gasteiger charge is -2.11. The lowest BCUT2D eigenvalue weighted by atomic mass is 10.1. The second-order valence-electron chi connectivity index (χ2n) is 7.06. The molecule has 148 valence electrons. The van der Waals surface area contributed by atoms with Gasteiger partial charge in [-0.2, -0.15) is 5.10 Å². The average Bonchev–Trinajstić information content (AvgIpc) is 3.54. The Bertz CT molecular complexity index is 997. The fourth-order valence-electron chi connectivity index (χ4n) is 2.99. The molecule has 4 rings (SSSR count). The fourth-order valence-corrected chi connectivity index (χ4v) is 2.99. The van der Waals surface area contributed by atoms with E-state index in [0.717, 1.165) is 24.1 Å². The Morgan fingerprint density at radius 1 is 1.07 bits per heavy atom. The van der Waals surface area contributed by atoms with Crippen molar-refractivity contribution < 1.29 is 14.7 Å². The van der Waals surface area contributed by atoms with E-state index in [1.165, 1.54) is 0 Å². The van der Waals surface area contributed by atoms with E-state index >= 15 is 0 Å². The number of aliphatic hydroxyl groups excluding tert-OH is 1. The van der Waals surface area contributed by atoms with Gasteiger partial charge in [0.05, 0.1) is 11.8 Å². The van der Waals surface area contributed by atoms with Crippen molar-refractivity contribution in [3.8, 4) is 5.69 Å². The molecule has 3 aromatic rings. The van der Waals surface area contributed by atoms with Crippen molar-refractivity contribution in [2.45, 2.75) is 18.9 Å². The fraction of sp³-hybridized carbons (Fsp3) is 0.227. The van der Waals surface area contributed by atoms with Crippen molar-refractivity contribution in [2.24, 2.45) is 5.92 Å². The maximum absolute atomic E-state index is 12.6. The molecule has 29 heavy (non-hydrogen) atoms. The minimum atomic E-state index is -0.814. The van der Waals surface area contributed by atoms with E-state index in [2.05, 4.69) is 15.7 Å². The van der Waals surface area contributed by atoms with Crippen LogP contribution in [0.3, 0.4) is 0 Å². The second-order valence-corrected chi connectivity index (χ2v) is 7.06. The summed E-state index contributed by atoms with van der Waals surface area (Å²) in [6, 6.07) is 20.0. The molecule has 1 aliphatic carbocycles. The van der Waals surface area contributed by atoms with Gasteiger partial charge in [0, 0.05) is 18.5 Å². The molecule has 7 nitrogen and oxygen atoms in total. The number of aliphatic hydroxyl groups is 1. The van der Waals surface area contributed by atoms with E-state index in [-0.39, 0.29) is 24.1 Å². The normalized spacial score (nSPS) is 14.2. The molecular weight excluding hydrogens is 368 g/mol. The molecule has 3 N–H and O–H groups in total. The van der Waals surface area contributed by atoms with Crippen LogP contribution in [0, 0.1) is 5.92 Å². The molecule has 0 aliphatic heterocycles. The van der Waals surface area contributed by atoms with E-state index < -0.39 is 12.0 Å². The van der Waals surface area contributed by atoms with Crippen molar-refractivity contribution in [2.75, 3.05) is 11.9 Å². The van der Waals surface area contributed by atoms with Crippen molar-refractivity contribution in [3.63, 3.8) is 0 Å². The third-order valence-corrected chi connectivity index (χ3v) is 4.78. The zero-order chi connectivity index (χ0) is 20.2. The Balaban J connectivity index is 1.51. The quantitative estimate of drug-likeness (QED) is 0.578. The van der Waals surface area contributed by atoms with E-state index in [4.69, 9.17) is 0 Å². The largest absolute Gasteiger partial charge is 0.387 e. The van der Waals surface area contributed by atoms with Crippen molar-refractivity contribution in [3.05, 3.63) is 78.0 Å². The molecule has 7 heteroatoms. The number of hydrogen-bond donors (Lipinski definition) is 3. The molecule has 1 fully saturated rings. The van der Waals surface area contributed by atoms with Gasteiger partial charge in [-0.1, -0.05) is 48.5 Å². The Labute approximate surface area is 168 Å². The number of nitrogens with one attached hydrogen (secondary N) is 2. The lowest BCUT2D eigenvalue weighted by molar-refractivity contribution is -0.117. The standard InChI is InChI=1S/C22H22N4O3/c27-19(15-7-3-1-4-8-15)14-23-22(29)18-13-20(24-21(28)16-11-12-16)26(25-18)17-9-5-2-6-10-17/h1-10,13,16,19,27H,11-12,14H2,(H,23,29)(H,24,28). The number of para-hydroxylation sites is 1. The number of anilines is 1. The van der Waals surface area contributed by atoms with Crippen LogP contribution in [-0.2, 0) is 4.79 Å². The number of carbonyl (C=O) groups excluding carboxylic acids is 2. The molecule has 1 aliphatic rings. The first-order valence-corrected chi connectivity index (χ1v) is 9.59. The van der Waals surface area contributed by atoms with E-state index in [9.17, 15) is 14.7 Å². The summed E-state index contributed by atoms with van der Waals surface area (Å²) in [6.45, 7) is 0.0603. The van der Waals surface area contributed by atoms with E-state index in [1.807, 2.05) is 48.5 Å². The highest BCUT2D eigenvalue weighted by Crippen LogP contribution is 2.30. The molecular formula is C22H22N4O3. The molecule has 0 saturated heterocycles. The van der Waals surface area contributed by atoms with Crippen LogP contribution < -0.4 is 10.6 Å². The summed E-state index contributed by atoms with van der Waals surface area (Å²) in [5.41, 5.74) is 1.63. The minimum Gasteiger partial charge on any atom is -0.387 e. The van der Waals surface area contributed by atoms with Gasteiger partial charge in [-0.25, -0.2) is 4.68 Å². The number of rotatable bonds is 7. The molecule has 1 aromatic heterocycles. The van der Waals surface area contributed by atoms with Crippen LogP contribution in [0.15, 0.2) is 66.7 Å². The number of amides is 2. The SMILES string of the molecule is O=C(NCC(O)c1ccccc1)c1cc(NC(=O)C2CC2)n(-c2ccccc2)n1. The van der Waals surface area contributed by atoms with Crippen molar-refractivity contribution in [1.82, 2.24) is 15.1 Å². The first kappa shape index (κ1) is 18.9. The number of benzene rings is 2. The van der Waals surface area contributed by atoms with Crippen LogP contribution in [0.1, 0.15) is 35.0 Å². The summed E-state index contributed by atoms with van der Waals surface area (Å²) in [5, 5.41) is 20.2. The molecule has 1 unspecified atom stereocenters. The van der Waals surface area contributed by atoms with Gasteiger partial charge in [0.25, 0.3) is 5.91 Å². The Hall–Kier alpha value is -3.45. The average molecular weight is 390 g/mol. The van der Waals surface area contributed by atoms with E-state index in [0.29, 0.717) is 5.82 Å². The summed E-state index contributed by atoms with van der Waals surface area (Å²) in [5.74, 6) is -0.000556. The van der Waals surface area contributed by atoms with Crippen LogP contribution in [0.5, 0.6) is 0 Å². The lowest BCUT2D eigenvalue weighted by Crippen LogP contribution is -2.28. The van der Waals surface area contributed by atoms with Crippen molar-refractivity contribution >= 4 is 17.6 Å². The molecule has 1 saturated carbocycles. The first-order valence-electron chi connectivity index (χ1n) is 9.59. The van der Waals surface area contributed by atoms with Crippen molar-refractivity contribution in [1.29, 1.82) is 0 Å². The maximum atomic E-state index is 12.6. The summed E-state index contributed by atoms with van der Waals surface area (Å²) < 4.78 is 1.54. The van der Waals surface area contributed by atoms with Crippen LogP contribution in [0.25, 0.3) is 5.69 Å². The molecule has 0 bridgehead atoms. The monoisotopic (exact) mass is 390 g/mol. The summed E-state index contributed by atoms with van der Waals surface area (Å²) in [4.78, 5) is 24.8. The number of hydrogen-bond acceptors (Lipinski definition) is 4. The number of carbonyl (C=O) groups is 2. The Morgan fingerprint density at radius 3 is 2.38 bits per heavy atom. The van der Waals surface area contributed by atoms with Gasteiger partial charge in [0.15, 0.2) is 5.69 Å². The van der Waals surface area contributed by atoms with Gasteiger partial charge in [0.1, 0.15) is 5.82 Å². The van der Waals surface area contributed by atoms with Gasteiger partial charge in [-0.3, -0.25) is 9.59 Å². The molecule has 2 aromatic carbocycles. The Kier molecular flexibility index (Phi) is 5.39. The predicted molar refractivity (Wildman–Crippen MR) is 109 cm³/mol. The molecule has 0 radical (unpaired) electrons. The zero-order valence-electron chi connectivity index (χ0n) is 15.8. The van der Waals surface area contributed by atoms with E-state index in [1.54, 1.807) is 22.9 Å². The number of aromatic nitrogens is 2. The highest BCUT2D eigenvalue weighted by Gasteiger charge is 2.30. The van der Waals surface area contributed by atoms with Crippen LogP contribution in [0.2, 0.25) is 0 Å². The topological polar surface area (TPSA) is 96.3 Å². The summed E-state index contributed by atoms with van der Waals surface area (Å²) in [6.07, 6.45) is 0.955. The van der Waals surface area contributed by atoms with Gasteiger partial charge in [0.2, 0.25) is 5.91 Å². The van der Waals surface area contributed by atoms with Crippen LogP contribution in [-0.4, -0.2) is 33.2 Å². The highest BCUT2D eigenvalue weighted by atomic mass is 16.3. The van der Waals surface area contributed by atoms with Crippen LogP contribution >= 0.6 is 0 Å². The van der Waals surface area contributed by atoms with Gasteiger partial charge in [-0.15, -0.1) is 0 Å². The van der Waals surface area contributed by atoms with Gasteiger partial charge in [-0.05, 0) is 30.5 Å². The second kappa shape index (κ2) is 8.28. The molecule has 1 heterocycles. The van der Waals surface area contributed by atoms with Gasteiger partial charge >= 0.3 is 0 Å². The number of nitrogens with zero attached hydrogens (tertiary/aromatic N) is 2. The third kappa shape index (κ3) is 4.52. The maximum Gasteiger partial charge on any atom is 0.271 e. The summed E-state index contributed by atoms with van der Waals surface area (Å²) in [7, 11) is 0. The molecule has 0 spiro atoms. The summed E-state index contributed by atoms with van der Waals surface area (Å²) >= 11 is 0.